The van der Waals surface area contributed by atoms with Crippen LogP contribution >= 0.6 is 11.3 Å². The van der Waals surface area contributed by atoms with Gasteiger partial charge < -0.3 is 9.15 Å². The number of para-hydroxylation sites is 1. The van der Waals surface area contributed by atoms with Crippen LogP contribution in [0.2, 0.25) is 0 Å². The van der Waals surface area contributed by atoms with Gasteiger partial charge in [0.15, 0.2) is 0 Å². The van der Waals surface area contributed by atoms with E-state index in [1.165, 1.54) is 0 Å². The summed E-state index contributed by atoms with van der Waals surface area (Å²) in [6, 6.07) is 17.8. The summed E-state index contributed by atoms with van der Waals surface area (Å²) in [5, 5.41) is 1.00. The van der Waals surface area contributed by atoms with E-state index in [9.17, 15) is 4.79 Å². The van der Waals surface area contributed by atoms with Gasteiger partial charge in [-0.3, -0.25) is 4.79 Å². The second kappa shape index (κ2) is 8.03. The second-order valence-electron chi connectivity index (χ2n) is 7.83. The fraction of sp³-hybridized carbons (Fsp3) is 0.292. The Labute approximate surface area is 178 Å². The number of carbonyl (C=O) groups is 1. The number of nitrogens with zero attached hydrogens (tertiary/aromatic N) is 2. The maximum absolute atomic E-state index is 13.1. The van der Waals surface area contributed by atoms with Crippen LogP contribution in [0.15, 0.2) is 65.3 Å². The molecule has 2 aromatic carbocycles. The molecule has 0 bridgehead atoms. The largest absolute Gasteiger partial charge is 0.459 e. The van der Waals surface area contributed by atoms with Crippen LogP contribution in [0.3, 0.4) is 0 Å². The normalized spacial score (nSPS) is 15.5. The van der Waals surface area contributed by atoms with E-state index < -0.39 is 5.41 Å². The van der Waals surface area contributed by atoms with Crippen molar-refractivity contribution in [2.75, 3.05) is 0 Å². The minimum atomic E-state index is -0.486. The van der Waals surface area contributed by atoms with Crippen LogP contribution in [-0.2, 0) is 22.6 Å². The molecule has 2 heterocycles. The molecule has 30 heavy (non-hydrogen) atoms. The topological polar surface area (TPSA) is 65.2 Å². The zero-order valence-corrected chi connectivity index (χ0v) is 17.4. The van der Waals surface area contributed by atoms with Crippen molar-refractivity contribution in [1.82, 2.24) is 9.97 Å². The van der Waals surface area contributed by atoms with Crippen molar-refractivity contribution in [3.8, 4) is 11.5 Å². The molecule has 5 rings (SSSR count). The van der Waals surface area contributed by atoms with Gasteiger partial charge in [0.05, 0.1) is 20.6 Å². The van der Waals surface area contributed by atoms with Crippen LogP contribution in [0.5, 0.6) is 0 Å². The number of fused-ring (bicyclic) bond motifs is 1. The summed E-state index contributed by atoms with van der Waals surface area (Å²) in [6.45, 7) is 0.122. The highest BCUT2D eigenvalue weighted by Gasteiger charge is 2.43. The van der Waals surface area contributed by atoms with Crippen LogP contribution in [0, 0.1) is 5.41 Å². The molecule has 2 aromatic heterocycles. The molecule has 4 aromatic rings. The van der Waals surface area contributed by atoms with Gasteiger partial charge in [-0.15, -0.1) is 11.3 Å². The lowest BCUT2D eigenvalue weighted by molar-refractivity contribution is -0.157. The molecule has 0 saturated heterocycles. The fourth-order valence-corrected chi connectivity index (χ4v) is 5.28. The van der Waals surface area contributed by atoms with Crippen LogP contribution < -0.4 is 0 Å². The standard InChI is InChI=1S/C24H22N2O3S/c27-23(29-16-18-15-28-22(25-18)17-8-2-1-3-9-17)24(12-6-7-13-24)14-21-26-19-10-4-5-11-20(19)30-21/h1-5,8-11,15H,6-7,12-14,16H2. The van der Waals surface area contributed by atoms with Gasteiger partial charge in [0.1, 0.15) is 18.6 Å². The SMILES string of the molecule is O=C(OCc1coc(-c2ccccc2)n1)C1(Cc2nc3ccccc3s2)CCCC1. The Kier molecular flexibility index (Phi) is 5.09. The van der Waals surface area contributed by atoms with Gasteiger partial charge in [0.25, 0.3) is 0 Å². The lowest BCUT2D eigenvalue weighted by Crippen LogP contribution is -2.32. The van der Waals surface area contributed by atoms with Crippen molar-refractivity contribution in [1.29, 1.82) is 0 Å². The van der Waals surface area contributed by atoms with Crippen molar-refractivity contribution < 1.29 is 13.9 Å². The third-order valence-electron chi connectivity index (χ3n) is 5.75. The molecule has 0 radical (unpaired) electrons. The highest BCUT2D eigenvalue weighted by molar-refractivity contribution is 7.18. The van der Waals surface area contributed by atoms with Gasteiger partial charge in [0, 0.05) is 12.0 Å². The van der Waals surface area contributed by atoms with Gasteiger partial charge in [-0.25, -0.2) is 9.97 Å². The molecule has 152 valence electrons. The number of benzene rings is 2. The number of aromatic nitrogens is 2. The second-order valence-corrected chi connectivity index (χ2v) is 8.94. The average molecular weight is 419 g/mol. The summed E-state index contributed by atoms with van der Waals surface area (Å²) in [4.78, 5) is 22.3. The van der Waals surface area contributed by atoms with E-state index in [0.717, 1.165) is 46.5 Å². The molecule has 0 spiro atoms. The number of rotatable bonds is 6. The van der Waals surface area contributed by atoms with Gasteiger partial charge in [-0.05, 0) is 37.1 Å². The smallest absolute Gasteiger partial charge is 0.312 e. The molecule has 5 nitrogen and oxygen atoms in total. The summed E-state index contributed by atoms with van der Waals surface area (Å²) in [7, 11) is 0. The van der Waals surface area contributed by atoms with Crippen molar-refractivity contribution in [2.24, 2.45) is 5.41 Å². The van der Waals surface area contributed by atoms with Crippen LogP contribution in [0.25, 0.3) is 21.7 Å². The molecule has 0 aliphatic heterocycles. The maximum Gasteiger partial charge on any atom is 0.312 e. The Morgan fingerprint density at radius 2 is 1.80 bits per heavy atom. The number of thiazole rings is 1. The molecule has 1 aliphatic carbocycles. The van der Waals surface area contributed by atoms with E-state index in [4.69, 9.17) is 14.1 Å². The highest BCUT2D eigenvalue weighted by Crippen LogP contribution is 2.43. The molecule has 1 saturated carbocycles. The number of hydrogen-bond donors (Lipinski definition) is 0. The summed E-state index contributed by atoms with van der Waals surface area (Å²) in [5.41, 5.74) is 2.03. The fourth-order valence-electron chi connectivity index (χ4n) is 4.17. The minimum Gasteiger partial charge on any atom is -0.459 e. The van der Waals surface area contributed by atoms with Gasteiger partial charge in [-0.2, -0.15) is 0 Å². The molecule has 1 aliphatic rings. The molecular weight excluding hydrogens is 396 g/mol. The quantitative estimate of drug-likeness (QED) is 0.370. The minimum absolute atomic E-state index is 0.122. The van der Waals surface area contributed by atoms with E-state index in [-0.39, 0.29) is 12.6 Å². The van der Waals surface area contributed by atoms with Crippen molar-refractivity contribution >= 4 is 27.5 Å². The first kappa shape index (κ1) is 19.0. The summed E-state index contributed by atoms with van der Waals surface area (Å²) in [5.74, 6) is 0.384. The Morgan fingerprint density at radius 3 is 2.60 bits per heavy atom. The van der Waals surface area contributed by atoms with Crippen molar-refractivity contribution in [2.45, 2.75) is 38.7 Å². The molecule has 0 atom stereocenters. The zero-order valence-electron chi connectivity index (χ0n) is 16.5. The number of ether oxygens (including phenoxy) is 1. The van der Waals surface area contributed by atoms with Crippen molar-refractivity contribution in [3.05, 3.63) is 71.6 Å². The van der Waals surface area contributed by atoms with Crippen molar-refractivity contribution in [3.63, 3.8) is 0 Å². The Morgan fingerprint density at radius 1 is 1.03 bits per heavy atom. The van der Waals surface area contributed by atoms with Gasteiger partial charge in [-0.1, -0.05) is 43.2 Å². The summed E-state index contributed by atoms with van der Waals surface area (Å²) in [6.07, 6.45) is 5.97. The lowest BCUT2D eigenvalue weighted by atomic mass is 9.83. The van der Waals surface area contributed by atoms with Crippen LogP contribution in [0.1, 0.15) is 36.4 Å². The van der Waals surface area contributed by atoms with Gasteiger partial charge >= 0.3 is 5.97 Å². The predicted molar refractivity (Wildman–Crippen MR) is 116 cm³/mol. The number of carbonyl (C=O) groups excluding carboxylic acids is 1. The molecular formula is C24H22N2O3S. The maximum atomic E-state index is 13.1. The first-order chi connectivity index (χ1) is 14.7. The van der Waals surface area contributed by atoms with E-state index in [0.29, 0.717) is 18.0 Å². The third-order valence-corrected chi connectivity index (χ3v) is 6.78. The molecule has 0 unspecified atom stereocenters. The predicted octanol–water partition coefficient (Wildman–Crippen LogP) is 5.80. The average Bonchev–Trinajstić information content (AvgIpc) is 3.52. The Balaban J connectivity index is 1.29. The van der Waals surface area contributed by atoms with Crippen LogP contribution in [-0.4, -0.2) is 15.9 Å². The number of esters is 1. The Hall–Kier alpha value is -2.99. The monoisotopic (exact) mass is 418 g/mol. The summed E-state index contributed by atoms with van der Waals surface area (Å²) >= 11 is 1.67. The molecule has 0 amide bonds. The van der Waals surface area contributed by atoms with Crippen LogP contribution in [0.4, 0.5) is 0 Å². The molecule has 6 heteroatoms. The highest BCUT2D eigenvalue weighted by atomic mass is 32.1. The molecule has 0 N–H and O–H groups in total. The van der Waals surface area contributed by atoms with E-state index in [1.54, 1.807) is 17.6 Å². The van der Waals surface area contributed by atoms with E-state index in [1.807, 2.05) is 48.5 Å². The Bertz CT molecular complexity index is 1130. The lowest BCUT2D eigenvalue weighted by Gasteiger charge is -2.25. The number of hydrogen-bond acceptors (Lipinski definition) is 6. The van der Waals surface area contributed by atoms with E-state index in [2.05, 4.69) is 11.1 Å². The zero-order chi connectivity index (χ0) is 20.4. The third kappa shape index (κ3) is 3.75. The number of oxazole rings is 1. The first-order valence-electron chi connectivity index (χ1n) is 10.2. The summed E-state index contributed by atoms with van der Waals surface area (Å²) < 4.78 is 12.4. The van der Waals surface area contributed by atoms with Gasteiger partial charge in [0.2, 0.25) is 5.89 Å². The molecule has 1 fully saturated rings. The first-order valence-corrected chi connectivity index (χ1v) is 11.1. The van der Waals surface area contributed by atoms with E-state index >= 15 is 0 Å².